The summed E-state index contributed by atoms with van der Waals surface area (Å²) in [7, 11) is 0. The van der Waals surface area contributed by atoms with Gasteiger partial charge in [0, 0.05) is 22.8 Å². The number of nitrogens with one attached hydrogen (secondary N) is 1. The summed E-state index contributed by atoms with van der Waals surface area (Å²) in [5, 5.41) is 14.1. The fourth-order valence-corrected chi connectivity index (χ4v) is 2.48. The van der Waals surface area contributed by atoms with Gasteiger partial charge in [0.1, 0.15) is 6.54 Å². The fraction of sp³-hybridized carbons (Fsp3) is 0.0625. The molecule has 0 radical (unpaired) electrons. The van der Waals surface area contributed by atoms with E-state index in [9.17, 15) is 19.7 Å². The molecule has 126 valence electrons. The first-order valence-electron chi connectivity index (χ1n) is 7.13. The van der Waals surface area contributed by atoms with E-state index in [0.717, 1.165) is 4.57 Å². The zero-order chi connectivity index (χ0) is 18.0. The van der Waals surface area contributed by atoms with Crippen LogP contribution in [0.2, 0.25) is 5.02 Å². The van der Waals surface area contributed by atoms with Crippen molar-refractivity contribution < 1.29 is 9.72 Å². The van der Waals surface area contributed by atoms with Crippen LogP contribution in [0, 0.1) is 10.1 Å². The second kappa shape index (κ2) is 6.70. The van der Waals surface area contributed by atoms with Gasteiger partial charge in [0.15, 0.2) is 0 Å². The highest BCUT2D eigenvalue weighted by molar-refractivity contribution is 6.30. The predicted octanol–water partition coefficient (Wildman–Crippen LogP) is 2.60. The van der Waals surface area contributed by atoms with Gasteiger partial charge in [-0.15, -0.1) is 0 Å². The Morgan fingerprint density at radius 1 is 1.28 bits per heavy atom. The van der Waals surface area contributed by atoms with Crippen LogP contribution in [0.25, 0.3) is 10.9 Å². The Morgan fingerprint density at radius 3 is 2.80 bits per heavy atom. The summed E-state index contributed by atoms with van der Waals surface area (Å²) in [6.07, 6.45) is 1.19. The molecule has 0 unspecified atom stereocenters. The molecule has 9 heteroatoms. The molecule has 0 aliphatic rings. The van der Waals surface area contributed by atoms with Crippen molar-refractivity contribution in [2.45, 2.75) is 6.54 Å². The number of amides is 1. The number of nitrogens with zero attached hydrogens (tertiary/aromatic N) is 3. The molecule has 2 aromatic carbocycles. The molecule has 1 N–H and O–H groups in total. The topological polar surface area (TPSA) is 107 Å². The SMILES string of the molecule is O=C(Cn1cnc2cc([N+](=O)[O-])ccc2c1=O)Nc1cccc(Cl)c1. The number of benzene rings is 2. The molecule has 0 aliphatic carbocycles. The Kier molecular flexibility index (Phi) is 4.44. The molecule has 0 spiro atoms. The molecule has 0 atom stereocenters. The quantitative estimate of drug-likeness (QED) is 0.569. The van der Waals surface area contributed by atoms with Gasteiger partial charge in [-0.2, -0.15) is 0 Å². The van der Waals surface area contributed by atoms with Crippen LogP contribution in [0.15, 0.2) is 53.6 Å². The maximum Gasteiger partial charge on any atom is 0.271 e. The Bertz CT molecular complexity index is 1050. The molecule has 0 saturated heterocycles. The standard InChI is InChI=1S/C16H11ClN4O4/c17-10-2-1-3-11(6-10)19-15(22)8-20-9-18-14-7-12(21(24)25)4-5-13(14)16(20)23/h1-7,9H,8H2,(H,19,22). The fourth-order valence-electron chi connectivity index (χ4n) is 2.29. The Hall–Kier alpha value is -3.26. The van der Waals surface area contributed by atoms with E-state index in [1.807, 2.05) is 0 Å². The molecule has 1 amide bonds. The molecule has 0 saturated carbocycles. The van der Waals surface area contributed by atoms with Gasteiger partial charge >= 0.3 is 0 Å². The summed E-state index contributed by atoms with van der Waals surface area (Å²) >= 11 is 5.85. The number of fused-ring (bicyclic) bond motifs is 1. The normalized spacial score (nSPS) is 10.6. The van der Waals surface area contributed by atoms with Gasteiger partial charge < -0.3 is 5.32 Å². The van der Waals surface area contributed by atoms with E-state index >= 15 is 0 Å². The van der Waals surface area contributed by atoms with E-state index in [4.69, 9.17) is 11.6 Å². The summed E-state index contributed by atoms with van der Waals surface area (Å²) < 4.78 is 1.13. The van der Waals surface area contributed by atoms with E-state index in [-0.39, 0.29) is 23.1 Å². The highest BCUT2D eigenvalue weighted by Gasteiger charge is 2.12. The number of nitro benzene ring substituents is 1. The molecule has 25 heavy (non-hydrogen) atoms. The van der Waals surface area contributed by atoms with Crippen LogP contribution in [0.5, 0.6) is 0 Å². The molecule has 3 aromatic rings. The summed E-state index contributed by atoms with van der Waals surface area (Å²) in [5.74, 6) is -0.424. The van der Waals surface area contributed by atoms with Crippen molar-refractivity contribution in [3.63, 3.8) is 0 Å². The number of hydrogen-bond acceptors (Lipinski definition) is 5. The Morgan fingerprint density at radius 2 is 2.08 bits per heavy atom. The average molecular weight is 359 g/mol. The zero-order valence-electron chi connectivity index (χ0n) is 12.7. The third-order valence-corrected chi connectivity index (χ3v) is 3.68. The maximum absolute atomic E-state index is 12.4. The number of non-ortho nitro benzene ring substituents is 1. The molecular weight excluding hydrogens is 348 g/mol. The third-order valence-electron chi connectivity index (χ3n) is 3.44. The van der Waals surface area contributed by atoms with Crippen molar-refractivity contribution in [3.05, 3.63) is 74.3 Å². The summed E-state index contributed by atoms with van der Waals surface area (Å²) in [6.45, 7) is -0.245. The first-order chi connectivity index (χ1) is 11.9. The van der Waals surface area contributed by atoms with Crippen LogP contribution in [0.4, 0.5) is 11.4 Å². The number of anilines is 1. The van der Waals surface area contributed by atoms with Crippen molar-refractivity contribution in [1.29, 1.82) is 0 Å². The number of halogens is 1. The minimum Gasteiger partial charge on any atom is -0.324 e. The lowest BCUT2D eigenvalue weighted by molar-refractivity contribution is -0.384. The molecule has 0 aliphatic heterocycles. The van der Waals surface area contributed by atoms with Crippen LogP contribution < -0.4 is 10.9 Å². The van der Waals surface area contributed by atoms with Crippen molar-refractivity contribution in [2.75, 3.05) is 5.32 Å². The van der Waals surface area contributed by atoms with Crippen molar-refractivity contribution in [1.82, 2.24) is 9.55 Å². The average Bonchev–Trinajstić information content (AvgIpc) is 2.57. The molecule has 0 fully saturated rings. The number of nitro groups is 1. The van der Waals surface area contributed by atoms with Gasteiger partial charge in [0.2, 0.25) is 5.91 Å². The smallest absolute Gasteiger partial charge is 0.271 e. The molecular formula is C16H11ClN4O4. The van der Waals surface area contributed by atoms with E-state index in [0.29, 0.717) is 10.7 Å². The van der Waals surface area contributed by atoms with Crippen LogP contribution in [-0.2, 0) is 11.3 Å². The second-order valence-corrected chi connectivity index (χ2v) is 5.63. The minimum atomic E-state index is -0.564. The van der Waals surface area contributed by atoms with Gasteiger partial charge in [0.25, 0.3) is 11.2 Å². The van der Waals surface area contributed by atoms with Crippen LogP contribution >= 0.6 is 11.6 Å². The lowest BCUT2D eigenvalue weighted by Gasteiger charge is -2.08. The predicted molar refractivity (Wildman–Crippen MR) is 92.7 cm³/mol. The van der Waals surface area contributed by atoms with Gasteiger partial charge in [-0.3, -0.25) is 24.3 Å². The number of carbonyl (C=O) groups is 1. The lowest BCUT2D eigenvalue weighted by atomic mass is 10.2. The zero-order valence-corrected chi connectivity index (χ0v) is 13.4. The Balaban J connectivity index is 1.85. The minimum absolute atomic E-state index is 0.157. The van der Waals surface area contributed by atoms with Crippen LogP contribution in [0.3, 0.4) is 0 Å². The maximum atomic E-state index is 12.4. The van der Waals surface area contributed by atoms with E-state index < -0.39 is 16.4 Å². The van der Waals surface area contributed by atoms with E-state index in [1.165, 1.54) is 24.5 Å². The first kappa shape index (κ1) is 16.6. The number of hydrogen-bond donors (Lipinski definition) is 1. The first-order valence-corrected chi connectivity index (χ1v) is 7.51. The molecule has 3 rings (SSSR count). The number of rotatable bonds is 4. The van der Waals surface area contributed by atoms with E-state index in [1.54, 1.807) is 24.3 Å². The summed E-state index contributed by atoms with van der Waals surface area (Å²) in [6, 6.07) is 10.4. The number of carbonyl (C=O) groups excluding carboxylic acids is 1. The van der Waals surface area contributed by atoms with Crippen molar-refractivity contribution in [3.8, 4) is 0 Å². The summed E-state index contributed by atoms with van der Waals surface area (Å²) in [4.78, 5) is 38.7. The van der Waals surface area contributed by atoms with E-state index in [2.05, 4.69) is 10.3 Å². The molecule has 8 nitrogen and oxygen atoms in total. The van der Waals surface area contributed by atoms with Crippen LogP contribution in [0.1, 0.15) is 0 Å². The van der Waals surface area contributed by atoms with Crippen molar-refractivity contribution >= 4 is 39.8 Å². The highest BCUT2D eigenvalue weighted by atomic mass is 35.5. The number of aromatic nitrogens is 2. The molecule has 1 heterocycles. The monoisotopic (exact) mass is 358 g/mol. The lowest BCUT2D eigenvalue weighted by Crippen LogP contribution is -2.27. The second-order valence-electron chi connectivity index (χ2n) is 5.19. The van der Waals surface area contributed by atoms with Gasteiger partial charge in [-0.1, -0.05) is 17.7 Å². The summed E-state index contributed by atoms with van der Waals surface area (Å²) in [5.41, 5.74) is 0.0950. The van der Waals surface area contributed by atoms with Gasteiger partial charge in [0.05, 0.1) is 22.2 Å². The highest BCUT2D eigenvalue weighted by Crippen LogP contribution is 2.17. The molecule has 1 aromatic heterocycles. The van der Waals surface area contributed by atoms with Gasteiger partial charge in [-0.25, -0.2) is 4.98 Å². The van der Waals surface area contributed by atoms with Crippen LogP contribution in [-0.4, -0.2) is 20.4 Å². The Labute approximate surface area is 145 Å². The van der Waals surface area contributed by atoms with Gasteiger partial charge in [-0.05, 0) is 24.3 Å². The molecule has 0 bridgehead atoms. The van der Waals surface area contributed by atoms with Crippen molar-refractivity contribution in [2.24, 2.45) is 0 Å². The largest absolute Gasteiger partial charge is 0.324 e. The third kappa shape index (κ3) is 3.64.